The summed E-state index contributed by atoms with van der Waals surface area (Å²) < 4.78 is 57.0. The predicted molar refractivity (Wildman–Crippen MR) is 142 cm³/mol. The van der Waals surface area contributed by atoms with Gasteiger partial charge in [0, 0.05) is 24.1 Å². The molecular formula is C27H26F3N3O5S. The van der Waals surface area contributed by atoms with Crippen molar-refractivity contribution in [2.45, 2.75) is 33.9 Å². The first-order valence-electron chi connectivity index (χ1n) is 11.9. The van der Waals surface area contributed by atoms with Crippen molar-refractivity contribution in [1.29, 1.82) is 0 Å². The van der Waals surface area contributed by atoms with Gasteiger partial charge in [-0.3, -0.25) is 9.36 Å². The minimum atomic E-state index is -4.85. The Hall–Kier alpha value is -3.93. The van der Waals surface area contributed by atoms with Crippen LogP contribution >= 0.6 is 11.5 Å². The number of ether oxygens (including phenoxy) is 2. The smallest absolute Gasteiger partial charge is 0.431 e. The van der Waals surface area contributed by atoms with Crippen molar-refractivity contribution in [3.8, 4) is 22.7 Å². The molecule has 12 heteroatoms. The van der Waals surface area contributed by atoms with E-state index in [2.05, 4.69) is 4.37 Å². The van der Waals surface area contributed by atoms with Gasteiger partial charge in [0.05, 0.1) is 22.7 Å². The number of carbonyl (C=O) groups excluding carboxylic acids is 1. The zero-order chi connectivity index (χ0) is 28.7. The number of carbonyl (C=O) groups is 1. The lowest BCUT2D eigenvalue weighted by molar-refractivity contribution is -0.148. The SMILES string of the molecule is Cc1ccc(OCC(=O)OCC(C)(C)C)cc1-c1nsc2ccc(-n3c(=O)cc(C(F)(F)F)n(C)c3=O)cc12. The molecule has 0 aliphatic carbocycles. The largest absolute Gasteiger partial charge is 0.482 e. The zero-order valence-electron chi connectivity index (χ0n) is 21.9. The Morgan fingerprint density at radius 3 is 2.44 bits per heavy atom. The Morgan fingerprint density at radius 2 is 1.77 bits per heavy atom. The van der Waals surface area contributed by atoms with Crippen LogP contribution in [0.5, 0.6) is 5.75 Å². The van der Waals surface area contributed by atoms with Crippen molar-refractivity contribution >= 4 is 27.6 Å². The first kappa shape index (κ1) is 28.1. The number of rotatable bonds is 6. The molecular weight excluding hydrogens is 535 g/mol. The average Bonchev–Trinajstić information content (AvgIpc) is 3.26. The summed E-state index contributed by atoms with van der Waals surface area (Å²) in [7, 11) is 0.963. The summed E-state index contributed by atoms with van der Waals surface area (Å²) in [6.45, 7) is 7.68. The van der Waals surface area contributed by atoms with Crippen molar-refractivity contribution in [3.63, 3.8) is 0 Å². The third kappa shape index (κ3) is 6.06. The van der Waals surface area contributed by atoms with Gasteiger partial charge in [0.1, 0.15) is 11.4 Å². The number of hydrogen-bond donors (Lipinski definition) is 0. The number of alkyl halides is 3. The third-order valence-corrected chi connectivity index (χ3v) is 6.64. The summed E-state index contributed by atoms with van der Waals surface area (Å²) in [5.41, 5.74) is -1.55. The van der Waals surface area contributed by atoms with Crippen LogP contribution in [0.15, 0.2) is 52.1 Å². The van der Waals surface area contributed by atoms with E-state index in [9.17, 15) is 27.6 Å². The number of esters is 1. The highest BCUT2D eigenvalue weighted by atomic mass is 32.1. The van der Waals surface area contributed by atoms with Crippen LogP contribution < -0.4 is 16.0 Å². The van der Waals surface area contributed by atoms with Gasteiger partial charge < -0.3 is 9.47 Å². The molecule has 0 aliphatic heterocycles. The van der Waals surface area contributed by atoms with Gasteiger partial charge in [-0.2, -0.15) is 17.5 Å². The lowest BCUT2D eigenvalue weighted by atomic mass is 9.99. The highest BCUT2D eigenvalue weighted by Crippen LogP contribution is 2.35. The Labute approximate surface area is 225 Å². The fraction of sp³-hybridized carbons (Fsp3) is 0.333. The molecule has 2 aromatic carbocycles. The first-order chi connectivity index (χ1) is 18.2. The number of aromatic nitrogens is 3. The molecule has 0 radical (unpaired) electrons. The fourth-order valence-electron chi connectivity index (χ4n) is 3.82. The summed E-state index contributed by atoms with van der Waals surface area (Å²) >= 11 is 1.19. The van der Waals surface area contributed by atoms with E-state index in [0.29, 0.717) is 37.6 Å². The van der Waals surface area contributed by atoms with Crippen molar-refractivity contribution < 1.29 is 27.4 Å². The zero-order valence-corrected chi connectivity index (χ0v) is 22.7. The highest BCUT2D eigenvalue weighted by molar-refractivity contribution is 7.13. The molecule has 0 amide bonds. The van der Waals surface area contributed by atoms with Crippen LogP contribution in [0.25, 0.3) is 27.0 Å². The molecule has 4 aromatic rings. The average molecular weight is 562 g/mol. The van der Waals surface area contributed by atoms with E-state index in [0.717, 1.165) is 17.3 Å². The molecule has 2 heterocycles. The van der Waals surface area contributed by atoms with E-state index >= 15 is 0 Å². The van der Waals surface area contributed by atoms with Crippen molar-refractivity contribution in [3.05, 3.63) is 74.6 Å². The molecule has 0 saturated heterocycles. The number of benzene rings is 2. The fourth-order valence-corrected chi connectivity index (χ4v) is 4.59. The Balaban J connectivity index is 1.70. The Bertz CT molecular complexity index is 1680. The second-order valence-corrected chi connectivity index (χ2v) is 11.0. The van der Waals surface area contributed by atoms with Gasteiger partial charge in [0.25, 0.3) is 5.56 Å². The van der Waals surface area contributed by atoms with Crippen molar-refractivity contribution in [1.82, 2.24) is 13.5 Å². The maximum atomic E-state index is 13.3. The maximum absolute atomic E-state index is 13.3. The molecule has 0 N–H and O–H groups in total. The van der Waals surface area contributed by atoms with Crippen LogP contribution in [0, 0.1) is 12.3 Å². The molecule has 0 spiro atoms. The second kappa shape index (κ2) is 10.3. The van der Waals surface area contributed by atoms with E-state index < -0.39 is 29.1 Å². The maximum Gasteiger partial charge on any atom is 0.431 e. The monoisotopic (exact) mass is 561 g/mol. The van der Waals surface area contributed by atoms with Crippen molar-refractivity contribution in [2.75, 3.05) is 13.2 Å². The van der Waals surface area contributed by atoms with E-state index in [-0.39, 0.29) is 24.3 Å². The van der Waals surface area contributed by atoms with Crippen LogP contribution in [-0.4, -0.2) is 32.7 Å². The molecule has 0 aliphatic rings. The summed E-state index contributed by atoms with van der Waals surface area (Å²) in [4.78, 5) is 37.4. The highest BCUT2D eigenvalue weighted by Gasteiger charge is 2.35. The summed E-state index contributed by atoms with van der Waals surface area (Å²) in [6.07, 6.45) is -4.85. The van der Waals surface area contributed by atoms with Gasteiger partial charge in [-0.25, -0.2) is 14.2 Å². The molecule has 0 saturated carbocycles. The molecule has 206 valence electrons. The van der Waals surface area contributed by atoms with Gasteiger partial charge >= 0.3 is 17.8 Å². The molecule has 0 bridgehead atoms. The number of aryl methyl sites for hydroxylation is 1. The second-order valence-electron chi connectivity index (χ2n) is 10.2. The predicted octanol–water partition coefficient (Wildman–Crippen LogP) is 5.11. The minimum Gasteiger partial charge on any atom is -0.482 e. The number of halogens is 3. The van der Waals surface area contributed by atoms with Gasteiger partial charge in [-0.15, -0.1) is 0 Å². The molecule has 0 fully saturated rings. The normalized spacial score (nSPS) is 12.1. The number of nitrogens with zero attached hydrogens (tertiary/aromatic N) is 3. The topological polar surface area (TPSA) is 92.4 Å². The van der Waals surface area contributed by atoms with Crippen LogP contribution in [0.3, 0.4) is 0 Å². The Morgan fingerprint density at radius 1 is 1.05 bits per heavy atom. The number of fused-ring (bicyclic) bond motifs is 1. The van der Waals surface area contributed by atoms with E-state index in [1.165, 1.54) is 17.6 Å². The standard InChI is InChI=1S/C27H26F3N3O5S/c1-15-6-8-17(37-13-23(35)38-14-26(2,3)4)11-18(15)24-19-10-16(7-9-20(19)39-31-24)33-22(34)12-21(27(28,29)30)32(5)25(33)36/h6-12H,13-14H2,1-5H3. The molecule has 39 heavy (non-hydrogen) atoms. The first-order valence-corrected chi connectivity index (χ1v) is 12.6. The Kier molecular flexibility index (Phi) is 7.44. The molecule has 0 atom stereocenters. The summed E-state index contributed by atoms with van der Waals surface area (Å²) in [5, 5.41) is 0.594. The van der Waals surface area contributed by atoms with Crippen LogP contribution in [0.2, 0.25) is 0 Å². The molecule has 4 rings (SSSR count). The van der Waals surface area contributed by atoms with E-state index in [4.69, 9.17) is 9.47 Å². The van der Waals surface area contributed by atoms with Gasteiger partial charge in [0.15, 0.2) is 6.61 Å². The van der Waals surface area contributed by atoms with E-state index in [1.807, 2.05) is 27.7 Å². The minimum absolute atomic E-state index is 0.106. The van der Waals surface area contributed by atoms with E-state index in [1.54, 1.807) is 30.3 Å². The van der Waals surface area contributed by atoms with Gasteiger partial charge in [-0.1, -0.05) is 26.8 Å². The number of hydrogen-bond acceptors (Lipinski definition) is 7. The third-order valence-electron chi connectivity index (χ3n) is 5.81. The summed E-state index contributed by atoms with van der Waals surface area (Å²) in [6, 6.07) is 10.3. The van der Waals surface area contributed by atoms with Crippen LogP contribution in [0.4, 0.5) is 13.2 Å². The van der Waals surface area contributed by atoms with Crippen LogP contribution in [-0.2, 0) is 22.8 Å². The molecule has 0 unspecified atom stereocenters. The lowest BCUT2D eigenvalue weighted by Crippen LogP contribution is -2.40. The van der Waals surface area contributed by atoms with Gasteiger partial charge in [0.2, 0.25) is 0 Å². The molecule has 8 nitrogen and oxygen atoms in total. The molecule has 2 aromatic heterocycles. The van der Waals surface area contributed by atoms with Crippen LogP contribution in [0.1, 0.15) is 32.0 Å². The lowest BCUT2D eigenvalue weighted by Gasteiger charge is -2.18. The summed E-state index contributed by atoms with van der Waals surface area (Å²) in [5.74, 6) is -0.0900. The van der Waals surface area contributed by atoms with Gasteiger partial charge in [-0.05, 0) is 59.8 Å². The quantitative estimate of drug-likeness (QED) is 0.304. The van der Waals surface area contributed by atoms with Crippen molar-refractivity contribution in [2.24, 2.45) is 12.5 Å².